The third kappa shape index (κ3) is 1.38. The second-order valence-electron chi connectivity index (χ2n) is 5.09. The van der Waals surface area contributed by atoms with Crippen LogP contribution in [0.2, 0.25) is 0 Å². The van der Waals surface area contributed by atoms with Gasteiger partial charge in [-0.25, -0.2) is 4.98 Å². The Morgan fingerprint density at radius 2 is 2.47 bits per heavy atom. The number of fused-ring (bicyclic) bond motifs is 2. The predicted molar refractivity (Wildman–Crippen MR) is 65.1 cm³/mol. The second-order valence-corrected chi connectivity index (χ2v) is 5.09. The number of nitrogens with one attached hydrogen (secondary N) is 1. The quantitative estimate of drug-likeness (QED) is 0.645. The van der Waals surface area contributed by atoms with Crippen molar-refractivity contribution in [3.8, 4) is 0 Å². The Bertz CT molecular complexity index is 704. The minimum absolute atomic E-state index is 0.0487. The number of aliphatic hydroxyl groups excluding tert-OH is 1. The van der Waals surface area contributed by atoms with Crippen molar-refractivity contribution in [2.24, 2.45) is 17.8 Å². The van der Waals surface area contributed by atoms with Crippen LogP contribution in [0, 0.1) is 17.8 Å². The van der Waals surface area contributed by atoms with Crippen LogP contribution in [0.4, 0.5) is 5.95 Å². The largest absolute Gasteiger partial charge is 0.396 e. The number of nitrogens with zero attached hydrogens (tertiary/aromatic N) is 3. The van der Waals surface area contributed by atoms with Gasteiger partial charge in [0.1, 0.15) is 6.23 Å². The molecule has 0 amide bonds. The number of aliphatic hydroxyl groups is 1. The van der Waals surface area contributed by atoms with Crippen molar-refractivity contribution in [2.45, 2.75) is 6.23 Å². The van der Waals surface area contributed by atoms with E-state index in [2.05, 4.69) is 15.0 Å². The van der Waals surface area contributed by atoms with Gasteiger partial charge in [-0.2, -0.15) is 4.98 Å². The van der Waals surface area contributed by atoms with Gasteiger partial charge in [-0.05, 0) is 11.8 Å². The minimum Gasteiger partial charge on any atom is -0.396 e. The summed E-state index contributed by atoms with van der Waals surface area (Å²) in [6.45, 7) is 0.768. The molecule has 8 nitrogen and oxygen atoms in total. The number of anilines is 1. The maximum absolute atomic E-state index is 12.0. The Morgan fingerprint density at radius 3 is 3.21 bits per heavy atom. The Morgan fingerprint density at radius 1 is 1.63 bits per heavy atom. The SMILES string of the molecule is Nc1nc2ncn([C@@H]3OC[C@@H]4[C@H](CO)[C@@H]43)c2c(=O)[nH]1. The molecule has 0 bridgehead atoms. The van der Waals surface area contributed by atoms with Crippen LogP contribution in [0.15, 0.2) is 11.1 Å². The molecule has 1 aliphatic heterocycles. The molecule has 100 valence electrons. The average molecular weight is 263 g/mol. The zero-order chi connectivity index (χ0) is 13.1. The van der Waals surface area contributed by atoms with Crippen LogP contribution in [0.25, 0.3) is 11.2 Å². The smallest absolute Gasteiger partial charge is 0.278 e. The molecule has 2 fully saturated rings. The number of hydrogen-bond donors (Lipinski definition) is 3. The van der Waals surface area contributed by atoms with Crippen molar-refractivity contribution < 1.29 is 9.84 Å². The summed E-state index contributed by atoms with van der Waals surface area (Å²) in [6, 6.07) is 0. The fourth-order valence-corrected chi connectivity index (χ4v) is 3.14. The maximum Gasteiger partial charge on any atom is 0.278 e. The molecule has 8 heteroatoms. The highest BCUT2D eigenvalue weighted by molar-refractivity contribution is 5.70. The molecule has 0 radical (unpaired) electrons. The first-order valence-electron chi connectivity index (χ1n) is 6.15. The van der Waals surface area contributed by atoms with E-state index < -0.39 is 0 Å². The van der Waals surface area contributed by atoms with Gasteiger partial charge < -0.3 is 15.6 Å². The lowest BCUT2D eigenvalue weighted by atomic mass is 10.3. The highest BCUT2D eigenvalue weighted by atomic mass is 16.5. The number of nitrogens with two attached hydrogens (primary N) is 1. The molecule has 0 unspecified atom stereocenters. The first-order chi connectivity index (χ1) is 9.20. The van der Waals surface area contributed by atoms with Crippen molar-refractivity contribution in [3.05, 3.63) is 16.7 Å². The molecule has 2 aliphatic rings. The Labute approximate surface area is 107 Å². The first-order valence-corrected chi connectivity index (χ1v) is 6.15. The van der Waals surface area contributed by atoms with E-state index in [-0.39, 0.29) is 36.2 Å². The van der Waals surface area contributed by atoms with Crippen molar-refractivity contribution in [1.82, 2.24) is 19.5 Å². The van der Waals surface area contributed by atoms with E-state index in [4.69, 9.17) is 10.5 Å². The third-order valence-corrected chi connectivity index (χ3v) is 4.13. The van der Waals surface area contributed by atoms with Crippen LogP contribution in [0.1, 0.15) is 6.23 Å². The lowest BCUT2D eigenvalue weighted by Crippen LogP contribution is -2.19. The highest BCUT2D eigenvalue weighted by Crippen LogP contribution is 2.58. The molecule has 1 saturated carbocycles. The second kappa shape index (κ2) is 3.55. The number of hydrogen-bond acceptors (Lipinski definition) is 6. The summed E-state index contributed by atoms with van der Waals surface area (Å²) in [6.07, 6.45) is 1.30. The zero-order valence-corrected chi connectivity index (χ0v) is 9.98. The summed E-state index contributed by atoms with van der Waals surface area (Å²) in [5.41, 5.74) is 5.84. The van der Waals surface area contributed by atoms with E-state index in [1.807, 2.05) is 0 Å². The number of imidazole rings is 1. The Kier molecular flexibility index (Phi) is 2.04. The van der Waals surface area contributed by atoms with Crippen LogP contribution < -0.4 is 11.3 Å². The van der Waals surface area contributed by atoms with Gasteiger partial charge in [0, 0.05) is 12.5 Å². The summed E-state index contributed by atoms with van der Waals surface area (Å²) >= 11 is 0. The molecular weight excluding hydrogens is 250 g/mol. The normalized spacial score (nSPS) is 32.7. The zero-order valence-electron chi connectivity index (χ0n) is 9.98. The molecule has 2 aromatic heterocycles. The molecular formula is C11H13N5O3. The topological polar surface area (TPSA) is 119 Å². The summed E-state index contributed by atoms with van der Waals surface area (Å²) in [4.78, 5) is 22.5. The highest BCUT2D eigenvalue weighted by Gasteiger charge is 2.59. The standard InChI is InChI=1S/C11H13N5O3/c12-11-14-8-7(9(18)15-11)16(3-13-8)10-6-4(1-17)5(6)2-19-10/h3-6,10,17H,1-2H2,(H3,12,14,15,18)/t4-,5+,6-,10+/m0/s1. The fraction of sp³-hybridized carbons (Fsp3) is 0.545. The lowest BCUT2D eigenvalue weighted by molar-refractivity contribution is 0.0123. The monoisotopic (exact) mass is 263 g/mol. The van der Waals surface area contributed by atoms with E-state index in [1.54, 1.807) is 10.9 Å². The van der Waals surface area contributed by atoms with Crippen molar-refractivity contribution >= 4 is 17.1 Å². The number of rotatable bonds is 2. The van der Waals surface area contributed by atoms with E-state index in [0.717, 1.165) is 0 Å². The molecule has 4 N–H and O–H groups in total. The Hall–Kier alpha value is -1.93. The van der Waals surface area contributed by atoms with Gasteiger partial charge in [0.25, 0.3) is 5.56 Å². The van der Waals surface area contributed by atoms with Crippen LogP contribution in [-0.4, -0.2) is 37.8 Å². The van der Waals surface area contributed by atoms with Crippen LogP contribution >= 0.6 is 0 Å². The molecule has 2 aromatic rings. The summed E-state index contributed by atoms with van der Waals surface area (Å²) in [5, 5.41) is 9.25. The molecule has 0 spiro atoms. The van der Waals surface area contributed by atoms with E-state index in [9.17, 15) is 9.90 Å². The number of aromatic amines is 1. The first kappa shape index (κ1) is 10.9. The molecule has 19 heavy (non-hydrogen) atoms. The third-order valence-electron chi connectivity index (χ3n) is 4.13. The number of nitrogen functional groups attached to an aromatic ring is 1. The molecule has 1 aliphatic carbocycles. The molecule has 4 rings (SSSR count). The fourth-order valence-electron chi connectivity index (χ4n) is 3.14. The number of aromatic nitrogens is 4. The average Bonchev–Trinajstić information content (AvgIpc) is 2.72. The number of ether oxygens (including phenoxy) is 1. The van der Waals surface area contributed by atoms with Gasteiger partial charge in [0.15, 0.2) is 11.2 Å². The van der Waals surface area contributed by atoms with Crippen molar-refractivity contribution in [2.75, 3.05) is 18.9 Å². The minimum atomic E-state index is -0.326. The predicted octanol–water partition coefficient (Wildman–Crippen LogP) is -0.915. The van der Waals surface area contributed by atoms with Gasteiger partial charge in [-0.1, -0.05) is 0 Å². The Balaban J connectivity index is 1.82. The molecule has 3 heterocycles. The number of H-pyrrole nitrogens is 1. The van der Waals surface area contributed by atoms with Gasteiger partial charge in [-0.3, -0.25) is 14.3 Å². The molecule has 0 aromatic carbocycles. The van der Waals surface area contributed by atoms with Crippen molar-refractivity contribution in [1.29, 1.82) is 0 Å². The van der Waals surface area contributed by atoms with Crippen LogP contribution in [0.3, 0.4) is 0 Å². The summed E-state index contributed by atoms with van der Waals surface area (Å²) < 4.78 is 7.38. The summed E-state index contributed by atoms with van der Waals surface area (Å²) in [5.74, 6) is 0.942. The summed E-state index contributed by atoms with van der Waals surface area (Å²) in [7, 11) is 0. The molecule has 1 saturated heterocycles. The van der Waals surface area contributed by atoms with Gasteiger partial charge >= 0.3 is 0 Å². The lowest BCUT2D eigenvalue weighted by Gasteiger charge is -2.16. The van der Waals surface area contributed by atoms with Crippen LogP contribution in [-0.2, 0) is 4.74 Å². The van der Waals surface area contributed by atoms with Gasteiger partial charge in [-0.15, -0.1) is 0 Å². The van der Waals surface area contributed by atoms with E-state index in [1.165, 1.54) is 0 Å². The van der Waals surface area contributed by atoms with Gasteiger partial charge in [0.2, 0.25) is 5.95 Å². The van der Waals surface area contributed by atoms with Crippen LogP contribution in [0.5, 0.6) is 0 Å². The van der Waals surface area contributed by atoms with Gasteiger partial charge in [0.05, 0.1) is 12.9 Å². The molecule has 4 atom stereocenters. The van der Waals surface area contributed by atoms with Crippen molar-refractivity contribution in [3.63, 3.8) is 0 Å². The van der Waals surface area contributed by atoms with E-state index >= 15 is 0 Å². The maximum atomic E-state index is 12.0. The van der Waals surface area contributed by atoms with E-state index in [0.29, 0.717) is 23.7 Å².